The van der Waals surface area contributed by atoms with E-state index in [1.165, 1.54) is 0 Å². The standard InChI is InChI=1S/C14H18N2O/c1-3-14(13(10-17)9-16-2)12-6-4-11(8-15)5-7-12/h4-7,10,13-14,16H,3,9H2,1-2H3/t13-,14+/m1/s1. The summed E-state index contributed by atoms with van der Waals surface area (Å²) in [5.41, 5.74) is 1.78. The fourth-order valence-electron chi connectivity index (χ4n) is 2.11. The second-order valence-electron chi connectivity index (χ2n) is 4.11. The summed E-state index contributed by atoms with van der Waals surface area (Å²) in [4.78, 5) is 11.1. The van der Waals surface area contributed by atoms with Gasteiger partial charge in [0, 0.05) is 12.5 Å². The lowest BCUT2D eigenvalue weighted by atomic mass is 9.84. The average Bonchev–Trinajstić information content (AvgIpc) is 2.39. The van der Waals surface area contributed by atoms with Gasteiger partial charge in [0.1, 0.15) is 6.29 Å². The van der Waals surface area contributed by atoms with Crippen molar-refractivity contribution in [2.75, 3.05) is 13.6 Å². The Bertz CT molecular complexity index is 392. The second-order valence-corrected chi connectivity index (χ2v) is 4.11. The predicted octanol–water partition coefficient (Wildman–Crippen LogP) is 2.09. The van der Waals surface area contributed by atoms with Gasteiger partial charge >= 0.3 is 0 Å². The van der Waals surface area contributed by atoms with Crippen LogP contribution in [-0.4, -0.2) is 19.9 Å². The topological polar surface area (TPSA) is 52.9 Å². The van der Waals surface area contributed by atoms with Gasteiger partial charge in [-0.05, 0) is 37.1 Å². The van der Waals surface area contributed by atoms with Gasteiger partial charge in [-0.1, -0.05) is 19.1 Å². The smallest absolute Gasteiger partial charge is 0.124 e. The normalized spacial score (nSPS) is 13.7. The Labute approximate surface area is 102 Å². The molecule has 1 N–H and O–H groups in total. The lowest BCUT2D eigenvalue weighted by Gasteiger charge is -2.21. The van der Waals surface area contributed by atoms with Crippen molar-refractivity contribution in [3.63, 3.8) is 0 Å². The third-order valence-electron chi connectivity index (χ3n) is 3.04. The molecule has 0 saturated carbocycles. The van der Waals surface area contributed by atoms with Crippen molar-refractivity contribution in [3.05, 3.63) is 35.4 Å². The summed E-state index contributed by atoms with van der Waals surface area (Å²) in [6, 6.07) is 9.59. The predicted molar refractivity (Wildman–Crippen MR) is 67.7 cm³/mol. The minimum Gasteiger partial charge on any atom is -0.319 e. The van der Waals surface area contributed by atoms with E-state index in [1.807, 2.05) is 19.2 Å². The molecule has 1 aromatic carbocycles. The van der Waals surface area contributed by atoms with Gasteiger partial charge < -0.3 is 10.1 Å². The Morgan fingerprint density at radius 1 is 1.41 bits per heavy atom. The lowest BCUT2D eigenvalue weighted by Crippen LogP contribution is -2.25. The lowest BCUT2D eigenvalue weighted by molar-refractivity contribution is -0.111. The van der Waals surface area contributed by atoms with Crippen molar-refractivity contribution in [3.8, 4) is 6.07 Å². The van der Waals surface area contributed by atoms with Crippen LogP contribution in [0.3, 0.4) is 0 Å². The van der Waals surface area contributed by atoms with E-state index in [1.54, 1.807) is 12.1 Å². The van der Waals surface area contributed by atoms with E-state index in [0.29, 0.717) is 12.1 Å². The molecule has 0 aliphatic carbocycles. The van der Waals surface area contributed by atoms with Gasteiger partial charge in [0.2, 0.25) is 0 Å². The van der Waals surface area contributed by atoms with Crippen molar-refractivity contribution in [2.24, 2.45) is 5.92 Å². The molecule has 0 spiro atoms. The Morgan fingerprint density at radius 2 is 2.06 bits per heavy atom. The highest BCUT2D eigenvalue weighted by atomic mass is 16.1. The van der Waals surface area contributed by atoms with Crippen LogP contribution in [0.1, 0.15) is 30.4 Å². The first-order valence-corrected chi connectivity index (χ1v) is 5.86. The van der Waals surface area contributed by atoms with Gasteiger partial charge in [0.05, 0.1) is 11.6 Å². The first-order valence-electron chi connectivity index (χ1n) is 5.86. The fourth-order valence-corrected chi connectivity index (χ4v) is 2.11. The van der Waals surface area contributed by atoms with Gasteiger partial charge in [0.15, 0.2) is 0 Å². The molecule has 0 unspecified atom stereocenters. The van der Waals surface area contributed by atoms with Gasteiger partial charge in [-0.2, -0.15) is 5.26 Å². The minimum atomic E-state index is -0.0158. The first kappa shape index (κ1) is 13.4. The summed E-state index contributed by atoms with van der Waals surface area (Å²) >= 11 is 0. The van der Waals surface area contributed by atoms with E-state index in [-0.39, 0.29) is 11.8 Å². The van der Waals surface area contributed by atoms with Gasteiger partial charge in [-0.3, -0.25) is 0 Å². The number of hydrogen-bond donors (Lipinski definition) is 1. The van der Waals surface area contributed by atoms with E-state index < -0.39 is 0 Å². The number of carbonyl (C=O) groups is 1. The number of nitrogens with one attached hydrogen (secondary N) is 1. The number of nitrogens with zero attached hydrogens (tertiary/aromatic N) is 1. The van der Waals surface area contributed by atoms with E-state index in [2.05, 4.69) is 18.3 Å². The number of carbonyl (C=O) groups excluding carboxylic acids is 1. The molecule has 3 heteroatoms. The third kappa shape index (κ3) is 3.40. The Balaban J connectivity index is 2.91. The zero-order valence-electron chi connectivity index (χ0n) is 10.3. The van der Waals surface area contributed by atoms with Crippen LogP contribution in [0.2, 0.25) is 0 Å². The van der Waals surface area contributed by atoms with Gasteiger partial charge in [0.25, 0.3) is 0 Å². The quantitative estimate of drug-likeness (QED) is 0.761. The maximum absolute atomic E-state index is 11.1. The van der Waals surface area contributed by atoms with Crippen molar-refractivity contribution in [1.29, 1.82) is 5.26 Å². The van der Waals surface area contributed by atoms with Crippen LogP contribution in [0.5, 0.6) is 0 Å². The van der Waals surface area contributed by atoms with Crippen LogP contribution < -0.4 is 5.32 Å². The highest BCUT2D eigenvalue weighted by Gasteiger charge is 2.20. The van der Waals surface area contributed by atoms with Crippen LogP contribution in [0.25, 0.3) is 0 Å². The molecule has 1 rings (SSSR count). The summed E-state index contributed by atoms with van der Waals surface area (Å²) in [5.74, 6) is 0.200. The molecular weight excluding hydrogens is 212 g/mol. The molecule has 1 aromatic rings. The number of aldehydes is 1. The highest BCUT2D eigenvalue weighted by molar-refractivity contribution is 5.56. The summed E-state index contributed by atoms with van der Waals surface area (Å²) in [6.45, 7) is 2.76. The Hall–Kier alpha value is -1.66. The zero-order valence-corrected chi connectivity index (χ0v) is 10.3. The molecule has 0 radical (unpaired) electrons. The largest absolute Gasteiger partial charge is 0.319 e. The maximum Gasteiger partial charge on any atom is 0.124 e. The van der Waals surface area contributed by atoms with Crippen molar-refractivity contribution in [2.45, 2.75) is 19.3 Å². The zero-order chi connectivity index (χ0) is 12.7. The maximum atomic E-state index is 11.1. The molecule has 90 valence electrons. The van der Waals surface area contributed by atoms with Gasteiger partial charge in [-0.25, -0.2) is 0 Å². The molecule has 0 fully saturated rings. The number of rotatable bonds is 6. The molecule has 0 amide bonds. The van der Waals surface area contributed by atoms with Crippen LogP contribution in [0.15, 0.2) is 24.3 Å². The van der Waals surface area contributed by atoms with Crippen LogP contribution in [0, 0.1) is 17.2 Å². The molecule has 0 heterocycles. The van der Waals surface area contributed by atoms with Crippen molar-refractivity contribution in [1.82, 2.24) is 5.32 Å². The van der Waals surface area contributed by atoms with Gasteiger partial charge in [-0.15, -0.1) is 0 Å². The third-order valence-corrected chi connectivity index (χ3v) is 3.04. The summed E-state index contributed by atoms with van der Waals surface area (Å²) in [6.07, 6.45) is 1.93. The highest BCUT2D eigenvalue weighted by Crippen LogP contribution is 2.26. The molecule has 0 aliphatic rings. The van der Waals surface area contributed by atoms with E-state index >= 15 is 0 Å². The van der Waals surface area contributed by atoms with E-state index in [9.17, 15) is 4.79 Å². The fraction of sp³-hybridized carbons (Fsp3) is 0.429. The van der Waals surface area contributed by atoms with Crippen LogP contribution in [0.4, 0.5) is 0 Å². The Kier molecular flexibility index (Phi) is 5.38. The van der Waals surface area contributed by atoms with E-state index in [0.717, 1.165) is 18.3 Å². The summed E-state index contributed by atoms with van der Waals surface area (Å²) < 4.78 is 0. The molecule has 0 aliphatic heterocycles. The molecule has 3 nitrogen and oxygen atoms in total. The summed E-state index contributed by atoms with van der Waals surface area (Å²) in [7, 11) is 1.85. The van der Waals surface area contributed by atoms with E-state index in [4.69, 9.17) is 5.26 Å². The summed E-state index contributed by atoms with van der Waals surface area (Å²) in [5, 5.41) is 11.8. The first-order chi connectivity index (χ1) is 8.26. The minimum absolute atomic E-state index is 0.0158. The Morgan fingerprint density at radius 3 is 2.47 bits per heavy atom. The molecule has 0 bridgehead atoms. The van der Waals surface area contributed by atoms with Crippen LogP contribution >= 0.6 is 0 Å². The molecule has 2 atom stereocenters. The monoisotopic (exact) mass is 230 g/mol. The molecule has 17 heavy (non-hydrogen) atoms. The van der Waals surface area contributed by atoms with Crippen LogP contribution in [-0.2, 0) is 4.79 Å². The molecule has 0 saturated heterocycles. The average molecular weight is 230 g/mol. The number of hydrogen-bond acceptors (Lipinski definition) is 3. The number of benzene rings is 1. The van der Waals surface area contributed by atoms with Crippen molar-refractivity contribution >= 4 is 6.29 Å². The molecule has 0 aromatic heterocycles. The second kappa shape index (κ2) is 6.82. The van der Waals surface area contributed by atoms with Crippen molar-refractivity contribution < 1.29 is 4.79 Å². The molecular formula is C14H18N2O. The number of nitriles is 1. The SMILES string of the molecule is CC[C@@H](c1ccc(C#N)cc1)[C@@H](C=O)CNC.